The number of benzene rings is 1. The van der Waals surface area contributed by atoms with Crippen molar-refractivity contribution < 1.29 is 14.4 Å². The third-order valence-electron chi connectivity index (χ3n) is 1.57. The van der Waals surface area contributed by atoms with Crippen molar-refractivity contribution in [2.75, 3.05) is 6.61 Å². The Morgan fingerprint density at radius 1 is 1.31 bits per heavy atom. The molecule has 0 radical (unpaired) electrons. The Labute approximate surface area is 101 Å². The highest BCUT2D eigenvalue weighted by Gasteiger charge is 2.14. The van der Waals surface area contributed by atoms with Crippen molar-refractivity contribution in [1.29, 1.82) is 0 Å². The number of hydrogen-bond acceptors (Lipinski definition) is 3. The predicted octanol–water partition coefficient (Wildman–Crippen LogP) is 1.14. The zero-order valence-corrected chi connectivity index (χ0v) is 9.51. The number of carbonyl (C=O) groups excluding carboxylic acids is 2. The average Bonchev–Trinajstić information content (AvgIpc) is 2.16. The highest BCUT2D eigenvalue weighted by Crippen LogP contribution is 2.23. The Morgan fingerprint density at radius 3 is 2.38 bits per heavy atom. The molecule has 0 heterocycles. The maximum absolute atomic E-state index is 11.5. The van der Waals surface area contributed by atoms with Crippen LogP contribution in [0.3, 0.4) is 0 Å². The van der Waals surface area contributed by atoms with Crippen molar-refractivity contribution in [3.05, 3.63) is 33.8 Å². The van der Waals surface area contributed by atoms with Crippen LogP contribution in [0.25, 0.3) is 0 Å². The third-order valence-corrected chi connectivity index (χ3v) is 2.20. The van der Waals surface area contributed by atoms with Gasteiger partial charge in [-0.1, -0.05) is 29.3 Å². The van der Waals surface area contributed by atoms with E-state index in [1.165, 1.54) is 12.1 Å². The molecule has 0 spiro atoms. The van der Waals surface area contributed by atoms with Crippen LogP contribution < -0.4 is 11.2 Å². The number of hydroxylamine groups is 1. The Kier molecular flexibility index (Phi) is 4.54. The molecule has 1 rings (SSSR count). The van der Waals surface area contributed by atoms with Gasteiger partial charge in [-0.25, -0.2) is 5.48 Å². The summed E-state index contributed by atoms with van der Waals surface area (Å²) < 4.78 is 0. The van der Waals surface area contributed by atoms with E-state index in [9.17, 15) is 9.59 Å². The molecule has 5 nitrogen and oxygen atoms in total. The Morgan fingerprint density at radius 2 is 1.88 bits per heavy atom. The first-order chi connectivity index (χ1) is 7.52. The maximum Gasteiger partial charge on any atom is 0.277 e. The number of hydrogen-bond donors (Lipinski definition) is 2. The lowest BCUT2D eigenvalue weighted by molar-refractivity contribution is -0.124. The molecule has 1 aromatic carbocycles. The summed E-state index contributed by atoms with van der Waals surface area (Å²) in [5, 5.41) is 0.375. The van der Waals surface area contributed by atoms with E-state index in [1.807, 2.05) is 5.48 Å². The van der Waals surface area contributed by atoms with Gasteiger partial charge in [-0.3, -0.25) is 14.4 Å². The Balaban J connectivity index is 2.70. The second-order valence-corrected chi connectivity index (χ2v) is 3.60. The fourth-order valence-corrected chi connectivity index (χ4v) is 1.51. The predicted molar refractivity (Wildman–Crippen MR) is 59.1 cm³/mol. The molecule has 0 aliphatic rings. The first-order valence-electron chi connectivity index (χ1n) is 4.17. The molecule has 0 atom stereocenters. The fourth-order valence-electron chi connectivity index (χ4n) is 0.939. The highest BCUT2D eigenvalue weighted by molar-refractivity contribution is 6.39. The quantitative estimate of drug-likeness (QED) is 0.799. The molecule has 7 heteroatoms. The average molecular weight is 263 g/mol. The van der Waals surface area contributed by atoms with Gasteiger partial charge in [-0.15, -0.1) is 0 Å². The topological polar surface area (TPSA) is 81.4 Å². The van der Waals surface area contributed by atoms with E-state index in [0.29, 0.717) is 0 Å². The van der Waals surface area contributed by atoms with Crippen LogP contribution in [0.2, 0.25) is 10.0 Å². The number of halogens is 2. The third kappa shape index (κ3) is 3.37. The van der Waals surface area contributed by atoms with E-state index in [0.717, 1.165) is 0 Å². The number of nitrogens with two attached hydrogens (primary N) is 1. The summed E-state index contributed by atoms with van der Waals surface area (Å²) in [5.74, 6) is -1.34. The smallest absolute Gasteiger partial charge is 0.277 e. The van der Waals surface area contributed by atoms with Crippen LogP contribution >= 0.6 is 23.2 Å². The second-order valence-electron chi connectivity index (χ2n) is 2.78. The monoisotopic (exact) mass is 262 g/mol. The first kappa shape index (κ1) is 12.8. The molecule has 1 aromatic rings. The molecule has 0 unspecified atom stereocenters. The molecule has 0 saturated heterocycles. The van der Waals surface area contributed by atoms with E-state index in [2.05, 4.69) is 4.84 Å². The van der Waals surface area contributed by atoms with E-state index in [1.54, 1.807) is 6.07 Å². The fraction of sp³-hybridized carbons (Fsp3) is 0.111. The van der Waals surface area contributed by atoms with Crippen molar-refractivity contribution in [3.63, 3.8) is 0 Å². The largest absolute Gasteiger partial charge is 0.368 e. The van der Waals surface area contributed by atoms with Gasteiger partial charge in [0, 0.05) is 0 Å². The normalized spacial score (nSPS) is 9.88. The van der Waals surface area contributed by atoms with Gasteiger partial charge in [-0.05, 0) is 12.1 Å². The summed E-state index contributed by atoms with van der Waals surface area (Å²) in [7, 11) is 0. The van der Waals surface area contributed by atoms with E-state index in [4.69, 9.17) is 28.9 Å². The van der Waals surface area contributed by atoms with Crippen LogP contribution in [0.4, 0.5) is 0 Å². The summed E-state index contributed by atoms with van der Waals surface area (Å²) in [6.45, 7) is -0.423. The summed E-state index contributed by atoms with van der Waals surface area (Å²) in [6.07, 6.45) is 0. The van der Waals surface area contributed by atoms with Gasteiger partial charge >= 0.3 is 0 Å². The number of nitrogens with one attached hydrogen (secondary N) is 1. The van der Waals surface area contributed by atoms with Crippen LogP contribution in [-0.4, -0.2) is 18.4 Å². The molecular formula is C9H8Cl2N2O3. The molecule has 16 heavy (non-hydrogen) atoms. The standard InChI is InChI=1S/C9H8Cl2N2O3/c10-5-2-1-3-6(11)8(5)9(15)13-16-4-7(12)14/h1-3H,4H2,(H2,12,14)(H,13,15). The minimum atomic E-state index is -0.703. The Bertz CT molecular complexity index is 403. The van der Waals surface area contributed by atoms with Crippen molar-refractivity contribution in [1.82, 2.24) is 5.48 Å². The molecule has 0 fully saturated rings. The molecule has 0 aromatic heterocycles. The van der Waals surface area contributed by atoms with Gasteiger partial charge in [0.05, 0.1) is 15.6 Å². The minimum absolute atomic E-state index is 0.0790. The van der Waals surface area contributed by atoms with E-state index in [-0.39, 0.29) is 15.6 Å². The SMILES string of the molecule is NC(=O)CONC(=O)c1c(Cl)cccc1Cl. The lowest BCUT2D eigenvalue weighted by atomic mass is 10.2. The zero-order valence-electron chi connectivity index (χ0n) is 8.00. The second kappa shape index (κ2) is 5.69. The molecule has 0 aliphatic heterocycles. The minimum Gasteiger partial charge on any atom is -0.368 e. The van der Waals surface area contributed by atoms with Crippen LogP contribution in [-0.2, 0) is 9.63 Å². The summed E-state index contributed by atoms with van der Waals surface area (Å²) in [4.78, 5) is 26.4. The molecule has 3 N–H and O–H groups in total. The van der Waals surface area contributed by atoms with Gasteiger partial charge in [0.1, 0.15) is 0 Å². The van der Waals surface area contributed by atoms with Crippen LogP contribution in [0.15, 0.2) is 18.2 Å². The summed E-state index contributed by atoms with van der Waals surface area (Å²) in [5.41, 5.74) is 6.89. The van der Waals surface area contributed by atoms with Crippen LogP contribution in [0.5, 0.6) is 0 Å². The molecule has 0 aliphatic carbocycles. The van der Waals surface area contributed by atoms with Crippen molar-refractivity contribution in [3.8, 4) is 0 Å². The lowest BCUT2D eigenvalue weighted by Gasteiger charge is -2.07. The van der Waals surface area contributed by atoms with Crippen LogP contribution in [0.1, 0.15) is 10.4 Å². The van der Waals surface area contributed by atoms with E-state index < -0.39 is 18.4 Å². The van der Waals surface area contributed by atoms with Crippen LogP contribution in [0, 0.1) is 0 Å². The van der Waals surface area contributed by atoms with Gasteiger partial charge < -0.3 is 5.73 Å². The number of rotatable bonds is 4. The van der Waals surface area contributed by atoms with Crippen molar-refractivity contribution in [2.45, 2.75) is 0 Å². The van der Waals surface area contributed by atoms with Gasteiger partial charge in [0.15, 0.2) is 6.61 Å². The molecule has 0 saturated carbocycles. The molecule has 0 bridgehead atoms. The number of amides is 2. The van der Waals surface area contributed by atoms with Crippen molar-refractivity contribution >= 4 is 35.0 Å². The Hall–Kier alpha value is -1.30. The van der Waals surface area contributed by atoms with Gasteiger partial charge in [-0.2, -0.15) is 0 Å². The van der Waals surface area contributed by atoms with Gasteiger partial charge in [0.25, 0.3) is 5.91 Å². The molecular weight excluding hydrogens is 255 g/mol. The summed E-state index contributed by atoms with van der Waals surface area (Å²) >= 11 is 11.5. The highest BCUT2D eigenvalue weighted by atomic mass is 35.5. The molecule has 2 amide bonds. The summed E-state index contributed by atoms with van der Waals surface area (Å²) in [6, 6.07) is 4.62. The zero-order chi connectivity index (χ0) is 12.1. The van der Waals surface area contributed by atoms with Crippen molar-refractivity contribution in [2.24, 2.45) is 5.73 Å². The van der Waals surface area contributed by atoms with E-state index >= 15 is 0 Å². The lowest BCUT2D eigenvalue weighted by Crippen LogP contribution is -2.29. The number of carbonyl (C=O) groups is 2. The number of primary amides is 1. The molecule has 86 valence electrons. The maximum atomic E-state index is 11.5. The van der Waals surface area contributed by atoms with Gasteiger partial charge in [0.2, 0.25) is 5.91 Å². The first-order valence-corrected chi connectivity index (χ1v) is 4.92.